The maximum atomic E-state index is 12.6. The summed E-state index contributed by atoms with van der Waals surface area (Å²) in [6.45, 7) is 6.19. The molecule has 0 saturated heterocycles. The van der Waals surface area contributed by atoms with Crippen molar-refractivity contribution in [3.8, 4) is 0 Å². The van der Waals surface area contributed by atoms with Crippen molar-refractivity contribution in [2.24, 2.45) is 0 Å². The fourth-order valence-electron chi connectivity index (χ4n) is 3.74. The van der Waals surface area contributed by atoms with Crippen LogP contribution in [0, 0.1) is 20.8 Å². The number of aryl methyl sites for hydroxylation is 3. The van der Waals surface area contributed by atoms with Crippen LogP contribution in [0.5, 0.6) is 0 Å². The van der Waals surface area contributed by atoms with Gasteiger partial charge in [0.05, 0.1) is 6.26 Å². The zero-order valence-electron chi connectivity index (χ0n) is 17.1. The lowest BCUT2D eigenvalue weighted by molar-refractivity contribution is -0.121. The number of nitrogens with one attached hydrogen (secondary N) is 1. The summed E-state index contributed by atoms with van der Waals surface area (Å²) in [6, 6.07) is 9.30. The van der Waals surface area contributed by atoms with Crippen molar-refractivity contribution in [2.75, 3.05) is 0 Å². The average Bonchev–Trinajstić information content (AvgIpc) is 3.09. The first-order valence-corrected chi connectivity index (χ1v) is 10.2. The third kappa shape index (κ3) is 3.73. The number of hydrogen-bond acceptors (Lipinski definition) is 4. The molecule has 0 radical (unpaired) electrons. The summed E-state index contributed by atoms with van der Waals surface area (Å²) in [6.07, 6.45) is 2.23. The first-order chi connectivity index (χ1) is 14.3. The van der Waals surface area contributed by atoms with Gasteiger partial charge in [0.1, 0.15) is 11.2 Å². The Labute approximate surface area is 178 Å². The van der Waals surface area contributed by atoms with E-state index in [1.807, 2.05) is 39.0 Å². The lowest BCUT2D eigenvalue weighted by Crippen LogP contribution is -2.24. The predicted octanol–water partition coefficient (Wildman–Crippen LogP) is 5.37. The molecule has 0 bridgehead atoms. The third-order valence-electron chi connectivity index (χ3n) is 5.54. The van der Waals surface area contributed by atoms with Gasteiger partial charge in [-0.15, -0.1) is 0 Å². The van der Waals surface area contributed by atoms with Crippen molar-refractivity contribution >= 4 is 39.4 Å². The minimum atomic E-state index is -0.406. The number of carbonyl (C=O) groups is 1. The normalized spacial score (nSPS) is 11.3. The molecular formula is C24H22ClNO4. The van der Waals surface area contributed by atoms with Gasteiger partial charge < -0.3 is 14.2 Å². The summed E-state index contributed by atoms with van der Waals surface area (Å²) in [5, 5.41) is 5.41. The van der Waals surface area contributed by atoms with Crippen molar-refractivity contribution in [3.05, 3.63) is 79.9 Å². The summed E-state index contributed by atoms with van der Waals surface area (Å²) in [4.78, 5) is 24.9. The van der Waals surface area contributed by atoms with E-state index in [1.54, 1.807) is 18.4 Å². The molecule has 1 N–H and O–H groups in total. The first-order valence-electron chi connectivity index (χ1n) is 9.80. The molecule has 2 aromatic heterocycles. The Morgan fingerprint density at radius 1 is 1.03 bits per heavy atom. The Morgan fingerprint density at radius 3 is 2.50 bits per heavy atom. The standard InChI is InChI=1S/C24H22ClNO4/c1-13-12-29-22-15(3)23-20(10-19(13)22)14(2)18(24(28)30-23)8-9-21(27)26-11-16-4-6-17(25)7-5-16/h4-7,10,12H,8-9,11H2,1-3H3,(H,26,27). The van der Waals surface area contributed by atoms with E-state index >= 15 is 0 Å². The molecule has 5 nitrogen and oxygen atoms in total. The zero-order chi connectivity index (χ0) is 21.4. The summed E-state index contributed by atoms with van der Waals surface area (Å²) in [5.74, 6) is -0.124. The SMILES string of the molecule is Cc1coc2c(C)c3oc(=O)c(CCC(=O)NCc4ccc(Cl)cc4)c(C)c3cc12. The number of amides is 1. The van der Waals surface area contributed by atoms with Crippen LogP contribution in [0.15, 0.2) is 50.2 Å². The number of rotatable bonds is 5. The monoisotopic (exact) mass is 423 g/mol. The van der Waals surface area contributed by atoms with Gasteiger partial charge in [-0.05, 0) is 62.1 Å². The topological polar surface area (TPSA) is 72.5 Å². The average molecular weight is 424 g/mol. The molecule has 4 rings (SSSR count). The van der Waals surface area contributed by atoms with Crippen LogP contribution in [-0.2, 0) is 17.8 Å². The predicted molar refractivity (Wildman–Crippen MR) is 118 cm³/mol. The van der Waals surface area contributed by atoms with Gasteiger partial charge in [0.25, 0.3) is 0 Å². The van der Waals surface area contributed by atoms with Crippen molar-refractivity contribution < 1.29 is 13.6 Å². The quantitative estimate of drug-likeness (QED) is 0.438. The van der Waals surface area contributed by atoms with Crippen LogP contribution in [0.2, 0.25) is 5.02 Å². The van der Waals surface area contributed by atoms with Crippen LogP contribution in [-0.4, -0.2) is 5.91 Å². The Kier molecular flexibility index (Phi) is 5.39. The number of carbonyl (C=O) groups excluding carboxylic acids is 1. The molecular weight excluding hydrogens is 402 g/mol. The minimum absolute atomic E-state index is 0.124. The van der Waals surface area contributed by atoms with Gasteiger partial charge in [0.2, 0.25) is 5.91 Å². The largest absolute Gasteiger partial charge is 0.464 e. The smallest absolute Gasteiger partial charge is 0.339 e. The highest BCUT2D eigenvalue weighted by atomic mass is 35.5. The van der Waals surface area contributed by atoms with Crippen molar-refractivity contribution in [1.82, 2.24) is 5.32 Å². The highest BCUT2D eigenvalue weighted by molar-refractivity contribution is 6.30. The Hall–Kier alpha value is -3.05. The van der Waals surface area contributed by atoms with E-state index in [0.717, 1.165) is 38.6 Å². The highest BCUT2D eigenvalue weighted by Crippen LogP contribution is 2.32. The summed E-state index contributed by atoms with van der Waals surface area (Å²) >= 11 is 5.88. The van der Waals surface area contributed by atoms with Crippen LogP contribution in [0.3, 0.4) is 0 Å². The molecule has 0 atom stereocenters. The number of benzene rings is 2. The summed E-state index contributed by atoms with van der Waals surface area (Å²) < 4.78 is 11.3. The molecule has 2 aromatic carbocycles. The van der Waals surface area contributed by atoms with Crippen molar-refractivity contribution in [3.63, 3.8) is 0 Å². The molecule has 30 heavy (non-hydrogen) atoms. The van der Waals surface area contributed by atoms with Crippen molar-refractivity contribution in [2.45, 2.75) is 40.2 Å². The van der Waals surface area contributed by atoms with Crippen LogP contribution >= 0.6 is 11.6 Å². The highest BCUT2D eigenvalue weighted by Gasteiger charge is 2.18. The van der Waals surface area contributed by atoms with Crippen LogP contribution in [0.1, 0.15) is 34.2 Å². The Balaban J connectivity index is 1.55. The molecule has 2 heterocycles. The van der Waals surface area contributed by atoms with Gasteiger partial charge in [-0.3, -0.25) is 4.79 Å². The van der Waals surface area contributed by atoms with Crippen LogP contribution in [0.25, 0.3) is 21.9 Å². The number of hydrogen-bond donors (Lipinski definition) is 1. The molecule has 154 valence electrons. The molecule has 0 unspecified atom stereocenters. The minimum Gasteiger partial charge on any atom is -0.464 e. The molecule has 0 aliphatic heterocycles. The van der Waals surface area contributed by atoms with E-state index in [4.69, 9.17) is 20.4 Å². The Morgan fingerprint density at radius 2 is 1.77 bits per heavy atom. The number of furan rings is 1. The van der Waals surface area contributed by atoms with Gasteiger partial charge in [0.15, 0.2) is 0 Å². The van der Waals surface area contributed by atoms with Crippen molar-refractivity contribution in [1.29, 1.82) is 0 Å². The van der Waals surface area contributed by atoms with Gasteiger partial charge in [0, 0.05) is 39.9 Å². The maximum Gasteiger partial charge on any atom is 0.339 e. The molecule has 0 saturated carbocycles. The van der Waals surface area contributed by atoms with E-state index in [2.05, 4.69) is 5.32 Å². The first kappa shape index (κ1) is 20.2. The van der Waals surface area contributed by atoms with E-state index in [9.17, 15) is 9.59 Å². The second-order valence-corrected chi connectivity index (χ2v) is 8.01. The molecule has 4 aromatic rings. The summed E-state index contributed by atoms with van der Waals surface area (Å²) in [7, 11) is 0. The van der Waals surface area contributed by atoms with Gasteiger partial charge >= 0.3 is 5.63 Å². The van der Waals surface area contributed by atoms with Gasteiger partial charge in [-0.25, -0.2) is 4.79 Å². The second kappa shape index (κ2) is 8.00. The maximum absolute atomic E-state index is 12.6. The fraction of sp³-hybridized carbons (Fsp3) is 0.250. The zero-order valence-corrected chi connectivity index (χ0v) is 17.9. The van der Waals surface area contributed by atoms with E-state index in [-0.39, 0.29) is 12.3 Å². The molecule has 0 aliphatic rings. The lowest BCUT2D eigenvalue weighted by atomic mass is 9.98. The van der Waals surface area contributed by atoms with Gasteiger partial charge in [-0.2, -0.15) is 0 Å². The molecule has 6 heteroatoms. The number of halogens is 1. The van der Waals surface area contributed by atoms with Crippen LogP contribution < -0.4 is 10.9 Å². The summed E-state index contributed by atoms with van der Waals surface area (Å²) in [5.41, 5.74) is 5.04. The van der Waals surface area contributed by atoms with Crippen LogP contribution in [0.4, 0.5) is 0 Å². The number of fused-ring (bicyclic) bond motifs is 2. The second-order valence-electron chi connectivity index (χ2n) is 7.57. The fourth-order valence-corrected chi connectivity index (χ4v) is 3.86. The van der Waals surface area contributed by atoms with E-state index < -0.39 is 5.63 Å². The van der Waals surface area contributed by atoms with Gasteiger partial charge in [-0.1, -0.05) is 23.7 Å². The van der Waals surface area contributed by atoms with E-state index in [1.165, 1.54) is 0 Å². The molecule has 0 spiro atoms. The third-order valence-corrected chi connectivity index (χ3v) is 5.79. The lowest BCUT2D eigenvalue weighted by Gasteiger charge is -2.10. The molecule has 1 amide bonds. The molecule has 0 fully saturated rings. The molecule has 0 aliphatic carbocycles. The Bertz CT molecular complexity index is 1320. The van der Waals surface area contributed by atoms with E-state index in [0.29, 0.717) is 29.1 Å².